The van der Waals surface area contributed by atoms with Crippen molar-refractivity contribution in [3.05, 3.63) is 71.9 Å². The molecule has 1 amide bonds. The second-order valence-corrected chi connectivity index (χ2v) is 6.73. The first-order chi connectivity index (χ1) is 12.9. The van der Waals surface area contributed by atoms with E-state index in [0.29, 0.717) is 12.3 Å². The molecule has 0 bridgehead atoms. The Labute approximate surface area is 158 Å². The number of benzene rings is 2. The van der Waals surface area contributed by atoms with Gasteiger partial charge in [0.2, 0.25) is 0 Å². The van der Waals surface area contributed by atoms with Crippen molar-refractivity contribution in [3.8, 4) is 11.3 Å². The summed E-state index contributed by atoms with van der Waals surface area (Å²) in [4.78, 5) is 19.5. The average Bonchev–Trinajstić information content (AvgIpc) is 3.14. The Morgan fingerprint density at radius 2 is 1.78 bits per heavy atom. The molecule has 0 fully saturated rings. The normalized spacial score (nSPS) is 11.4. The molecule has 2 N–H and O–H groups in total. The molecule has 140 valence electrons. The number of aromatic nitrogens is 2. The first kappa shape index (κ1) is 19.0. The molecule has 0 spiro atoms. The fraction of sp³-hybridized carbons (Fsp3) is 0.158. The minimum atomic E-state index is -4.41. The summed E-state index contributed by atoms with van der Waals surface area (Å²) in [6.45, 7) is 0.367. The summed E-state index contributed by atoms with van der Waals surface area (Å²) in [5, 5.41) is 3.42. The SMILES string of the molecule is O=C(NCCSc1ncc(-c2ccccc2)[nH]1)c1ccc(C(F)(F)F)cc1. The zero-order chi connectivity index (χ0) is 19.3. The van der Waals surface area contributed by atoms with Gasteiger partial charge < -0.3 is 10.3 Å². The van der Waals surface area contributed by atoms with E-state index in [0.717, 1.165) is 28.5 Å². The third-order valence-corrected chi connectivity index (χ3v) is 4.63. The molecule has 0 aliphatic heterocycles. The van der Waals surface area contributed by atoms with E-state index in [2.05, 4.69) is 15.3 Å². The van der Waals surface area contributed by atoms with E-state index in [-0.39, 0.29) is 5.56 Å². The van der Waals surface area contributed by atoms with E-state index in [4.69, 9.17) is 0 Å². The minimum Gasteiger partial charge on any atom is -0.351 e. The van der Waals surface area contributed by atoms with Crippen LogP contribution in [0.2, 0.25) is 0 Å². The number of nitrogens with one attached hydrogen (secondary N) is 2. The lowest BCUT2D eigenvalue weighted by Gasteiger charge is -2.08. The standard InChI is InChI=1S/C19H16F3N3OS/c20-19(21,22)15-8-6-14(7-9-15)17(26)23-10-11-27-18-24-12-16(25-18)13-4-2-1-3-5-13/h1-9,12H,10-11H2,(H,23,26)(H,24,25). The summed E-state index contributed by atoms with van der Waals surface area (Å²) < 4.78 is 37.6. The van der Waals surface area contributed by atoms with Crippen LogP contribution in [0.15, 0.2) is 66.0 Å². The Bertz CT molecular complexity index is 893. The fourth-order valence-corrected chi connectivity index (χ4v) is 3.07. The number of carbonyl (C=O) groups is 1. The van der Waals surface area contributed by atoms with Crippen molar-refractivity contribution < 1.29 is 18.0 Å². The van der Waals surface area contributed by atoms with E-state index in [1.165, 1.54) is 23.9 Å². The predicted molar refractivity (Wildman–Crippen MR) is 98.5 cm³/mol. The van der Waals surface area contributed by atoms with Crippen LogP contribution in [0.3, 0.4) is 0 Å². The summed E-state index contributed by atoms with van der Waals surface area (Å²) in [5.41, 5.74) is 1.36. The zero-order valence-corrected chi connectivity index (χ0v) is 14.9. The second-order valence-electron chi connectivity index (χ2n) is 5.65. The smallest absolute Gasteiger partial charge is 0.351 e. The Hall–Kier alpha value is -2.74. The number of halogens is 3. The highest BCUT2D eigenvalue weighted by Gasteiger charge is 2.30. The van der Waals surface area contributed by atoms with Gasteiger partial charge in [-0.2, -0.15) is 13.2 Å². The molecule has 0 aliphatic rings. The van der Waals surface area contributed by atoms with Crippen LogP contribution in [-0.4, -0.2) is 28.2 Å². The molecule has 3 aromatic rings. The predicted octanol–water partition coefficient (Wildman–Crippen LogP) is 4.62. The number of hydrogen-bond donors (Lipinski definition) is 2. The highest BCUT2D eigenvalue weighted by molar-refractivity contribution is 7.99. The fourth-order valence-electron chi connectivity index (χ4n) is 2.37. The van der Waals surface area contributed by atoms with Crippen LogP contribution in [0.5, 0.6) is 0 Å². The first-order valence-corrected chi connectivity index (χ1v) is 9.11. The van der Waals surface area contributed by atoms with Gasteiger partial charge in [0, 0.05) is 17.9 Å². The van der Waals surface area contributed by atoms with Gasteiger partial charge in [0.1, 0.15) is 0 Å². The minimum absolute atomic E-state index is 0.192. The third kappa shape index (κ3) is 5.13. The molecule has 3 rings (SSSR count). The maximum Gasteiger partial charge on any atom is 0.416 e. The van der Waals surface area contributed by atoms with Crippen molar-refractivity contribution in [2.75, 3.05) is 12.3 Å². The lowest BCUT2D eigenvalue weighted by molar-refractivity contribution is -0.137. The van der Waals surface area contributed by atoms with E-state index >= 15 is 0 Å². The lowest BCUT2D eigenvalue weighted by Crippen LogP contribution is -2.25. The number of hydrogen-bond acceptors (Lipinski definition) is 3. The summed E-state index contributed by atoms with van der Waals surface area (Å²) in [6, 6.07) is 13.9. The molecule has 0 saturated carbocycles. The van der Waals surface area contributed by atoms with Crippen LogP contribution in [-0.2, 0) is 6.18 Å². The number of H-pyrrole nitrogens is 1. The van der Waals surface area contributed by atoms with E-state index in [1.807, 2.05) is 30.3 Å². The number of imidazole rings is 1. The van der Waals surface area contributed by atoms with Crippen molar-refractivity contribution in [1.82, 2.24) is 15.3 Å². The maximum absolute atomic E-state index is 12.5. The molecule has 0 aliphatic carbocycles. The van der Waals surface area contributed by atoms with Crippen molar-refractivity contribution >= 4 is 17.7 Å². The van der Waals surface area contributed by atoms with Crippen LogP contribution in [0.25, 0.3) is 11.3 Å². The molecule has 0 saturated heterocycles. The van der Waals surface area contributed by atoms with E-state index in [1.54, 1.807) is 6.20 Å². The molecule has 1 heterocycles. The number of nitrogens with zero attached hydrogens (tertiary/aromatic N) is 1. The van der Waals surface area contributed by atoms with Gasteiger partial charge in [-0.05, 0) is 29.8 Å². The van der Waals surface area contributed by atoms with Gasteiger partial charge >= 0.3 is 6.18 Å². The molecule has 0 atom stereocenters. The van der Waals surface area contributed by atoms with Gasteiger partial charge in [-0.3, -0.25) is 4.79 Å². The van der Waals surface area contributed by atoms with Crippen LogP contribution in [0.1, 0.15) is 15.9 Å². The van der Waals surface area contributed by atoms with Crippen LogP contribution in [0, 0.1) is 0 Å². The van der Waals surface area contributed by atoms with Gasteiger partial charge in [-0.15, -0.1) is 0 Å². The maximum atomic E-state index is 12.5. The van der Waals surface area contributed by atoms with Crippen molar-refractivity contribution in [2.45, 2.75) is 11.3 Å². The number of amides is 1. The van der Waals surface area contributed by atoms with Crippen LogP contribution in [0.4, 0.5) is 13.2 Å². The van der Waals surface area contributed by atoms with Gasteiger partial charge in [0.05, 0.1) is 17.5 Å². The number of alkyl halides is 3. The molecule has 1 aromatic heterocycles. The monoisotopic (exact) mass is 391 g/mol. The Morgan fingerprint density at radius 1 is 1.07 bits per heavy atom. The van der Waals surface area contributed by atoms with Crippen LogP contribution < -0.4 is 5.32 Å². The summed E-state index contributed by atoms with van der Waals surface area (Å²) in [7, 11) is 0. The lowest BCUT2D eigenvalue weighted by atomic mass is 10.1. The first-order valence-electron chi connectivity index (χ1n) is 8.12. The average molecular weight is 391 g/mol. The number of rotatable bonds is 6. The number of carbonyl (C=O) groups excluding carboxylic acids is 1. The second kappa shape index (κ2) is 8.30. The largest absolute Gasteiger partial charge is 0.416 e. The van der Waals surface area contributed by atoms with Crippen molar-refractivity contribution in [2.24, 2.45) is 0 Å². The molecule has 8 heteroatoms. The molecule has 2 aromatic carbocycles. The highest BCUT2D eigenvalue weighted by Crippen LogP contribution is 2.29. The third-order valence-electron chi connectivity index (χ3n) is 3.74. The van der Waals surface area contributed by atoms with E-state index < -0.39 is 17.6 Å². The van der Waals surface area contributed by atoms with Gasteiger partial charge in [0.25, 0.3) is 5.91 Å². The molecular weight excluding hydrogens is 375 g/mol. The molecule has 0 unspecified atom stereocenters. The summed E-state index contributed by atoms with van der Waals surface area (Å²) in [6.07, 6.45) is -2.66. The quantitative estimate of drug-likeness (QED) is 0.476. The van der Waals surface area contributed by atoms with Crippen LogP contribution >= 0.6 is 11.8 Å². The summed E-state index contributed by atoms with van der Waals surface area (Å²) in [5.74, 6) is 0.169. The Morgan fingerprint density at radius 3 is 2.44 bits per heavy atom. The van der Waals surface area contributed by atoms with Gasteiger partial charge in [0.15, 0.2) is 5.16 Å². The van der Waals surface area contributed by atoms with Crippen molar-refractivity contribution in [3.63, 3.8) is 0 Å². The molecular formula is C19H16F3N3OS. The molecule has 27 heavy (non-hydrogen) atoms. The van der Waals surface area contributed by atoms with Crippen molar-refractivity contribution in [1.29, 1.82) is 0 Å². The van der Waals surface area contributed by atoms with Gasteiger partial charge in [-0.25, -0.2) is 4.98 Å². The molecule has 4 nitrogen and oxygen atoms in total. The highest BCUT2D eigenvalue weighted by atomic mass is 32.2. The number of thioether (sulfide) groups is 1. The van der Waals surface area contributed by atoms with E-state index in [9.17, 15) is 18.0 Å². The number of aromatic amines is 1. The van der Waals surface area contributed by atoms with Gasteiger partial charge in [-0.1, -0.05) is 42.1 Å². The topological polar surface area (TPSA) is 57.8 Å². The Balaban J connectivity index is 1.46. The molecule has 0 radical (unpaired) electrons. The summed E-state index contributed by atoms with van der Waals surface area (Å²) >= 11 is 1.45. The Kier molecular flexibility index (Phi) is 5.85. The zero-order valence-electron chi connectivity index (χ0n) is 14.1.